The van der Waals surface area contributed by atoms with Gasteiger partial charge in [0.15, 0.2) is 0 Å². The SMILES string of the molecule is CC[C@@H](C)[C@H](NC(=O)[C@H](CC(C)C)NC(=O)[C@H](Cc1ccc(O)cc1)NC(=O)[C@H](CCC(=O)O)NC(=O)[C@H](CC(=O)O)NC(=O)[C@H](C)NC(=O)[C@H](CC(=O)O)NC(=O)[C@@H](NC(=O)[C@@H](NC(=O)[C@@H](N)CC(=O)O)C(C)C)C(C)C)C(=O)N1CCC[C@H]1C(=O)N[C@@H](CCC(N)=O)C(=O)O. The lowest BCUT2D eigenvalue weighted by molar-refractivity contribution is -0.146. The first-order chi connectivity index (χ1) is 45.2. The molecule has 1 aromatic carbocycles. The van der Waals surface area contributed by atoms with Crippen molar-refractivity contribution in [1.29, 1.82) is 0 Å². The maximum atomic E-state index is 14.6. The second-order valence-electron chi connectivity index (χ2n) is 24.8. The summed E-state index contributed by atoms with van der Waals surface area (Å²) < 4.78 is 0. The minimum atomic E-state index is -2.13. The van der Waals surface area contributed by atoms with Crippen LogP contribution in [0.25, 0.3) is 0 Å². The molecule has 0 unspecified atom stereocenters. The van der Waals surface area contributed by atoms with Gasteiger partial charge in [-0.05, 0) is 80.4 Å². The summed E-state index contributed by atoms with van der Waals surface area (Å²) in [4.78, 5) is 224. The molecule has 0 saturated carbocycles. The summed E-state index contributed by atoms with van der Waals surface area (Å²) in [5.41, 5.74) is 11.1. The standard InChI is InChI=1S/C61H93N13O23/c1-10-30(8)49(60(95)74-21-11-12-41(74)57(92)66-36(61(96)97)17-19-42(63)76)73-56(91)37(22-27(2)3)68-54(89)38(23-32-13-15-33(75)16-14-32)69-52(87)35(18-20-43(77)78)65-55(90)40(26-46(83)84)67-50(85)31(9)64-53(88)39(25-45(81)82)70-58(93)47(28(4)5)72-59(94)48(29(6)7)71-51(86)34(62)24-44(79)80/h13-16,27-31,34-41,47-49,75H,10-12,17-26,62H2,1-9H3,(H2,63,76)(H,64,88)(H,65,90)(H,66,92)(H,67,85)(H,68,89)(H,69,87)(H,70,93)(H,71,86)(H,72,94)(H,73,91)(H,77,78)(H,79,80)(H,81,82)(H,83,84)(H,96,97)/t30-,31+,34+,35+,36+,37+,38+,39+,40+,41+,47+,48+,49+/m1/s1. The number of nitrogens with zero attached hydrogens (tertiary/aromatic N) is 1. The van der Waals surface area contributed by atoms with Gasteiger partial charge in [-0.3, -0.25) is 76.7 Å². The number of aliphatic carboxylic acids is 5. The predicted molar refractivity (Wildman–Crippen MR) is 338 cm³/mol. The Morgan fingerprint density at radius 2 is 0.938 bits per heavy atom. The van der Waals surface area contributed by atoms with Gasteiger partial charge in [0, 0.05) is 25.8 Å². The van der Waals surface area contributed by atoms with Gasteiger partial charge in [-0.25, -0.2) is 4.79 Å². The Bertz CT molecular complexity index is 3040. The molecule has 1 fully saturated rings. The highest BCUT2D eigenvalue weighted by molar-refractivity contribution is 6.01. The second-order valence-corrected chi connectivity index (χ2v) is 24.8. The smallest absolute Gasteiger partial charge is 0.326 e. The molecule has 0 aliphatic carbocycles. The van der Waals surface area contributed by atoms with Crippen LogP contribution < -0.4 is 64.6 Å². The average molecular weight is 1380 g/mol. The molecule has 0 bridgehead atoms. The molecule has 1 heterocycles. The number of phenolic OH excluding ortho intramolecular Hbond substituents is 1. The number of hydrogen-bond donors (Lipinski definition) is 18. The number of primary amides is 1. The molecule has 1 aliphatic rings. The summed E-state index contributed by atoms with van der Waals surface area (Å²) in [5, 5.41) is 81.6. The molecular weight excluding hydrogens is 1280 g/mol. The van der Waals surface area contributed by atoms with Crippen LogP contribution in [0.2, 0.25) is 0 Å². The molecule has 1 saturated heterocycles. The van der Waals surface area contributed by atoms with E-state index < -0.39 is 230 Å². The Kier molecular flexibility index (Phi) is 34.0. The highest BCUT2D eigenvalue weighted by Crippen LogP contribution is 2.23. The lowest BCUT2D eigenvalue weighted by Crippen LogP contribution is -2.61. The monoisotopic (exact) mass is 1380 g/mol. The van der Waals surface area contributed by atoms with E-state index in [4.69, 9.17) is 16.6 Å². The number of nitrogens with two attached hydrogens (primary N) is 2. The van der Waals surface area contributed by atoms with E-state index in [-0.39, 0.29) is 49.5 Å². The van der Waals surface area contributed by atoms with Crippen molar-refractivity contribution in [1.82, 2.24) is 58.1 Å². The first-order valence-electron chi connectivity index (χ1n) is 31.4. The molecule has 1 aromatic rings. The fourth-order valence-electron chi connectivity index (χ4n) is 9.92. The van der Waals surface area contributed by atoms with E-state index in [2.05, 4.69) is 53.2 Å². The number of carbonyl (C=O) groups is 17. The Balaban J connectivity index is 2.48. The summed E-state index contributed by atoms with van der Waals surface area (Å²) in [7, 11) is 0. The largest absolute Gasteiger partial charge is 0.508 e. The molecule has 36 heteroatoms. The zero-order valence-electron chi connectivity index (χ0n) is 55.5. The first kappa shape index (κ1) is 83.1. The van der Waals surface area contributed by atoms with E-state index in [9.17, 15) is 107 Å². The highest BCUT2D eigenvalue weighted by atomic mass is 16.4. The number of rotatable bonds is 42. The summed E-state index contributed by atoms with van der Waals surface area (Å²) >= 11 is 0. The second kappa shape index (κ2) is 39.7. The minimum absolute atomic E-state index is 0.0331. The van der Waals surface area contributed by atoms with Gasteiger partial charge < -0.3 is 100 Å². The third kappa shape index (κ3) is 28.4. The van der Waals surface area contributed by atoms with Crippen LogP contribution in [0.15, 0.2) is 24.3 Å². The van der Waals surface area contributed by atoms with Gasteiger partial charge in [0.2, 0.25) is 70.9 Å². The number of carboxylic acid groups (broad SMARTS) is 5. The van der Waals surface area contributed by atoms with E-state index >= 15 is 0 Å². The molecule has 97 heavy (non-hydrogen) atoms. The molecule has 0 aromatic heterocycles. The topological polar surface area (TPSA) is 587 Å². The molecule has 36 nitrogen and oxygen atoms in total. The van der Waals surface area contributed by atoms with Crippen molar-refractivity contribution >= 4 is 101 Å². The molecule has 0 radical (unpaired) electrons. The zero-order chi connectivity index (χ0) is 73.9. The lowest BCUT2D eigenvalue weighted by Gasteiger charge is -2.33. The van der Waals surface area contributed by atoms with Crippen LogP contribution in [-0.2, 0) is 87.9 Å². The molecule has 13 atom stereocenters. The van der Waals surface area contributed by atoms with Crippen LogP contribution in [0.4, 0.5) is 0 Å². The number of nitrogens with one attached hydrogen (secondary N) is 10. The number of phenols is 1. The predicted octanol–water partition coefficient (Wildman–Crippen LogP) is -3.84. The Labute approximate surface area is 558 Å². The van der Waals surface area contributed by atoms with Crippen molar-refractivity contribution in [3.8, 4) is 5.75 Å². The van der Waals surface area contributed by atoms with E-state index in [0.717, 1.165) is 6.92 Å². The van der Waals surface area contributed by atoms with Crippen LogP contribution in [0.1, 0.15) is 139 Å². The number of hydrogen-bond acceptors (Lipinski definition) is 19. The van der Waals surface area contributed by atoms with Gasteiger partial charge in [-0.1, -0.05) is 73.9 Å². The number of aromatic hydroxyl groups is 1. The van der Waals surface area contributed by atoms with Gasteiger partial charge in [0.1, 0.15) is 72.2 Å². The average Bonchev–Trinajstić information content (AvgIpc) is 1.77. The van der Waals surface area contributed by atoms with Crippen molar-refractivity contribution in [3.05, 3.63) is 29.8 Å². The Hall–Kier alpha value is -10.0. The fourth-order valence-corrected chi connectivity index (χ4v) is 9.92. The van der Waals surface area contributed by atoms with Crippen molar-refractivity contribution in [2.24, 2.45) is 35.1 Å². The molecule has 0 spiro atoms. The first-order valence-corrected chi connectivity index (χ1v) is 31.4. The zero-order valence-corrected chi connectivity index (χ0v) is 55.5. The van der Waals surface area contributed by atoms with Gasteiger partial charge in [-0.15, -0.1) is 0 Å². The Morgan fingerprint density at radius 1 is 0.495 bits per heavy atom. The fraction of sp³-hybridized carbons (Fsp3) is 0.623. The number of benzene rings is 1. The van der Waals surface area contributed by atoms with Gasteiger partial charge in [0.25, 0.3) is 0 Å². The van der Waals surface area contributed by atoms with E-state index in [1.807, 2.05) is 0 Å². The molecule has 20 N–H and O–H groups in total. The van der Waals surface area contributed by atoms with E-state index in [0.29, 0.717) is 12.8 Å². The third-order valence-electron chi connectivity index (χ3n) is 15.5. The van der Waals surface area contributed by atoms with Gasteiger partial charge in [0.05, 0.1) is 25.3 Å². The third-order valence-corrected chi connectivity index (χ3v) is 15.5. The Morgan fingerprint density at radius 3 is 1.43 bits per heavy atom. The summed E-state index contributed by atoms with van der Waals surface area (Å²) in [6, 6.07) is -14.3. The van der Waals surface area contributed by atoms with Crippen molar-refractivity contribution in [2.75, 3.05) is 6.54 Å². The van der Waals surface area contributed by atoms with Crippen molar-refractivity contribution in [3.63, 3.8) is 0 Å². The number of amides is 12. The van der Waals surface area contributed by atoms with Crippen molar-refractivity contribution in [2.45, 2.75) is 212 Å². The van der Waals surface area contributed by atoms with Crippen LogP contribution in [0.3, 0.4) is 0 Å². The number of carboxylic acids is 5. The summed E-state index contributed by atoms with van der Waals surface area (Å²) in [5.74, 6) is -23.0. The van der Waals surface area contributed by atoms with Crippen LogP contribution in [-0.4, -0.2) is 215 Å². The van der Waals surface area contributed by atoms with Crippen LogP contribution in [0.5, 0.6) is 5.75 Å². The molecular formula is C61H93N13O23. The summed E-state index contributed by atoms with van der Waals surface area (Å²) in [6.45, 7) is 13.8. The van der Waals surface area contributed by atoms with E-state index in [1.54, 1.807) is 27.7 Å². The van der Waals surface area contributed by atoms with Crippen molar-refractivity contribution < 1.29 is 112 Å². The highest BCUT2D eigenvalue weighted by Gasteiger charge is 2.42. The molecule has 2 rings (SSSR count). The maximum Gasteiger partial charge on any atom is 0.326 e. The number of carbonyl (C=O) groups excluding carboxylic acids is 12. The van der Waals surface area contributed by atoms with Crippen LogP contribution in [0, 0.1) is 23.7 Å². The molecule has 12 amide bonds. The normalized spacial score (nSPS) is 16.5. The maximum absolute atomic E-state index is 14.6. The minimum Gasteiger partial charge on any atom is -0.508 e. The van der Waals surface area contributed by atoms with Crippen LogP contribution >= 0.6 is 0 Å². The van der Waals surface area contributed by atoms with Gasteiger partial charge in [-0.2, -0.15) is 0 Å². The lowest BCUT2D eigenvalue weighted by atomic mass is 9.95. The summed E-state index contributed by atoms with van der Waals surface area (Å²) in [6.07, 6.45) is -5.17. The molecule has 1 aliphatic heterocycles. The number of likely N-dealkylation sites (tertiary alicyclic amines) is 1. The quantitative estimate of drug-likeness (QED) is 0.0298. The van der Waals surface area contributed by atoms with Gasteiger partial charge >= 0.3 is 29.8 Å². The molecule has 540 valence electrons. The van der Waals surface area contributed by atoms with E-state index in [1.165, 1.54) is 56.9 Å².